The molecule has 2 N–H and O–H groups in total. The lowest BCUT2D eigenvalue weighted by Crippen LogP contribution is -2.05. The number of nitrogens with two attached hydrogens (primary N) is 1. The maximum atomic E-state index is 11.3. The third-order valence-corrected chi connectivity index (χ3v) is 2.83. The van der Waals surface area contributed by atoms with Crippen LogP contribution in [0.5, 0.6) is 11.6 Å². The van der Waals surface area contributed by atoms with Crippen LogP contribution in [0.25, 0.3) is 0 Å². The Kier molecular flexibility index (Phi) is 5.15. The molecule has 1 heterocycles. The molecular formula is C16H18N2O3. The SMILES string of the molecule is CCOC(=O)CCc1ccc(Oc2ccc(N)cn2)cc1. The maximum Gasteiger partial charge on any atom is 0.306 e. The molecule has 2 rings (SSSR count). The summed E-state index contributed by atoms with van der Waals surface area (Å²) in [7, 11) is 0. The molecule has 2 aromatic rings. The molecular weight excluding hydrogens is 268 g/mol. The Labute approximate surface area is 123 Å². The van der Waals surface area contributed by atoms with Gasteiger partial charge in [-0.25, -0.2) is 4.98 Å². The molecule has 0 spiro atoms. The second-order valence-corrected chi connectivity index (χ2v) is 4.48. The first-order valence-corrected chi connectivity index (χ1v) is 6.81. The largest absolute Gasteiger partial charge is 0.466 e. The van der Waals surface area contributed by atoms with Crippen LogP contribution in [0, 0.1) is 0 Å². The number of hydrogen-bond donors (Lipinski definition) is 1. The van der Waals surface area contributed by atoms with E-state index in [1.807, 2.05) is 24.3 Å². The van der Waals surface area contributed by atoms with Crippen LogP contribution in [-0.4, -0.2) is 17.6 Å². The van der Waals surface area contributed by atoms with E-state index in [0.717, 1.165) is 5.56 Å². The van der Waals surface area contributed by atoms with Crippen molar-refractivity contribution in [1.82, 2.24) is 4.98 Å². The first-order chi connectivity index (χ1) is 10.2. The van der Waals surface area contributed by atoms with E-state index < -0.39 is 0 Å². The fraction of sp³-hybridized carbons (Fsp3) is 0.250. The minimum Gasteiger partial charge on any atom is -0.466 e. The second-order valence-electron chi connectivity index (χ2n) is 4.48. The predicted molar refractivity (Wildman–Crippen MR) is 80.1 cm³/mol. The number of nitrogen functional groups attached to an aromatic ring is 1. The third-order valence-electron chi connectivity index (χ3n) is 2.83. The van der Waals surface area contributed by atoms with Gasteiger partial charge in [0.05, 0.1) is 18.5 Å². The van der Waals surface area contributed by atoms with Gasteiger partial charge < -0.3 is 15.2 Å². The molecule has 110 valence electrons. The van der Waals surface area contributed by atoms with Crippen LogP contribution < -0.4 is 10.5 Å². The Morgan fingerprint density at radius 3 is 2.57 bits per heavy atom. The summed E-state index contributed by atoms with van der Waals surface area (Å²) in [6, 6.07) is 11.0. The molecule has 5 heteroatoms. The van der Waals surface area contributed by atoms with E-state index in [1.54, 1.807) is 25.3 Å². The van der Waals surface area contributed by atoms with Crippen molar-refractivity contribution in [3.63, 3.8) is 0 Å². The number of aromatic nitrogens is 1. The van der Waals surface area contributed by atoms with Crippen LogP contribution in [0.15, 0.2) is 42.6 Å². The Hall–Kier alpha value is -2.56. The van der Waals surface area contributed by atoms with Crippen molar-refractivity contribution < 1.29 is 14.3 Å². The van der Waals surface area contributed by atoms with Crippen LogP contribution in [0.4, 0.5) is 5.69 Å². The lowest BCUT2D eigenvalue weighted by atomic mass is 10.1. The summed E-state index contributed by atoms with van der Waals surface area (Å²) in [5.41, 5.74) is 7.21. The van der Waals surface area contributed by atoms with E-state index in [2.05, 4.69) is 4.98 Å². The predicted octanol–water partition coefficient (Wildman–Crippen LogP) is 2.95. The Balaban J connectivity index is 1.89. The van der Waals surface area contributed by atoms with Gasteiger partial charge in [-0.15, -0.1) is 0 Å². The number of nitrogens with zero attached hydrogens (tertiary/aromatic N) is 1. The van der Waals surface area contributed by atoms with Crippen molar-refractivity contribution in [2.24, 2.45) is 0 Å². The van der Waals surface area contributed by atoms with Crippen LogP contribution in [0.3, 0.4) is 0 Å². The van der Waals surface area contributed by atoms with E-state index in [-0.39, 0.29) is 5.97 Å². The number of carbonyl (C=O) groups excluding carboxylic acids is 1. The molecule has 0 radical (unpaired) electrons. The molecule has 1 aromatic heterocycles. The van der Waals surface area contributed by atoms with Crippen LogP contribution in [0.2, 0.25) is 0 Å². The van der Waals surface area contributed by atoms with Crippen LogP contribution in [-0.2, 0) is 16.0 Å². The Morgan fingerprint density at radius 1 is 1.19 bits per heavy atom. The molecule has 0 aliphatic rings. The number of rotatable bonds is 6. The molecule has 0 bridgehead atoms. The van der Waals surface area contributed by atoms with E-state index >= 15 is 0 Å². The van der Waals surface area contributed by atoms with Gasteiger partial charge in [-0.2, -0.15) is 0 Å². The summed E-state index contributed by atoms with van der Waals surface area (Å²) in [6.45, 7) is 2.22. The number of esters is 1. The zero-order valence-electron chi connectivity index (χ0n) is 11.9. The van der Waals surface area contributed by atoms with Gasteiger partial charge in [0.1, 0.15) is 5.75 Å². The average molecular weight is 286 g/mol. The molecule has 0 aliphatic heterocycles. The third kappa shape index (κ3) is 4.80. The van der Waals surface area contributed by atoms with E-state index in [1.165, 1.54) is 0 Å². The van der Waals surface area contributed by atoms with Gasteiger partial charge in [0, 0.05) is 12.5 Å². The lowest BCUT2D eigenvalue weighted by Gasteiger charge is -2.06. The molecule has 0 aliphatic carbocycles. The molecule has 0 amide bonds. The minimum atomic E-state index is -0.177. The molecule has 0 saturated heterocycles. The van der Waals surface area contributed by atoms with Gasteiger partial charge in [0.2, 0.25) is 5.88 Å². The molecule has 0 unspecified atom stereocenters. The highest BCUT2D eigenvalue weighted by Crippen LogP contribution is 2.20. The van der Waals surface area contributed by atoms with Crippen molar-refractivity contribution in [3.8, 4) is 11.6 Å². The van der Waals surface area contributed by atoms with Crippen molar-refractivity contribution in [2.45, 2.75) is 19.8 Å². The van der Waals surface area contributed by atoms with Gasteiger partial charge >= 0.3 is 5.97 Å². The second kappa shape index (κ2) is 7.28. The van der Waals surface area contributed by atoms with E-state index in [0.29, 0.717) is 36.8 Å². The molecule has 0 fully saturated rings. The smallest absolute Gasteiger partial charge is 0.306 e. The summed E-state index contributed by atoms with van der Waals surface area (Å²) in [4.78, 5) is 15.4. The molecule has 0 atom stereocenters. The topological polar surface area (TPSA) is 74.4 Å². The number of anilines is 1. The number of pyridine rings is 1. The number of benzene rings is 1. The minimum absolute atomic E-state index is 0.177. The molecule has 5 nitrogen and oxygen atoms in total. The highest BCUT2D eigenvalue weighted by molar-refractivity contribution is 5.69. The Morgan fingerprint density at radius 2 is 1.95 bits per heavy atom. The summed E-state index contributed by atoms with van der Waals surface area (Å²) >= 11 is 0. The van der Waals surface area contributed by atoms with E-state index in [4.69, 9.17) is 15.2 Å². The number of carbonyl (C=O) groups is 1. The molecule has 0 saturated carbocycles. The standard InChI is InChI=1S/C16H18N2O3/c1-2-20-16(19)10-5-12-3-7-14(8-4-12)21-15-9-6-13(17)11-18-15/h3-4,6-9,11H,2,5,10,17H2,1H3. The first-order valence-electron chi connectivity index (χ1n) is 6.81. The summed E-state index contributed by atoms with van der Waals surface area (Å²) in [6.07, 6.45) is 2.58. The van der Waals surface area contributed by atoms with Crippen LogP contribution in [0.1, 0.15) is 18.9 Å². The van der Waals surface area contributed by atoms with Gasteiger partial charge in [-0.05, 0) is 37.1 Å². The highest BCUT2D eigenvalue weighted by Gasteiger charge is 2.03. The number of hydrogen-bond acceptors (Lipinski definition) is 5. The van der Waals surface area contributed by atoms with Crippen LogP contribution >= 0.6 is 0 Å². The summed E-state index contributed by atoms with van der Waals surface area (Å²) < 4.78 is 10.5. The van der Waals surface area contributed by atoms with Crippen molar-refractivity contribution in [1.29, 1.82) is 0 Å². The maximum absolute atomic E-state index is 11.3. The van der Waals surface area contributed by atoms with Gasteiger partial charge in [0.15, 0.2) is 0 Å². The van der Waals surface area contributed by atoms with Gasteiger partial charge in [0.25, 0.3) is 0 Å². The first kappa shape index (κ1) is 14.8. The summed E-state index contributed by atoms with van der Waals surface area (Å²) in [5.74, 6) is 1.000. The van der Waals surface area contributed by atoms with Gasteiger partial charge in [-0.1, -0.05) is 12.1 Å². The zero-order chi connectivity index (χ0) is 15.1. The average Bonchev–Trinajstić information content (AvgIpc) is 2.49. The fourth-order valence-electron chi connectivity index (χ4n) is 1.78. The van der Waals surface area contributed by atoms with Crippen molar-refractivity contribution in [2.75, 3.05) is 12.3 Å². The number of ether oxygens (including phenoxy) is 2. The van der Waals surface area contributed by atoms with E-state index in [9.17, 15) is 4.79 Å². The van der Waals surface area contributed by atoms with Crippen molar-refractivity contribution in [3.05, 3.63) is 48.2 Å². The summed E-state index contributed by atoms with van der Waals surface area (Å²) in [5, 5.41) is 0. The Bertz CT molecular complexity index is 579. The molecule has 1 aromatic carbocycles. The quantitative estimate of drug-likeness (QED) is 0.826. The highest BCUT2D eigenvalue weighted by atomic mass is 16.5. The zero-order valence-corrected chi connectivity index (χ0v) is 11.9. The lowest BCUT2D eigenvalue weighted by molar-refractivity contribution is -0.143. The normalized spacial score (nSPS) is 10.1. The van der Waals surface area contributed by atoms with Gasteiger partial charge in [-0.3, -0.25) is 4.79 Å². The fourth-order valence-corrected chi connectivity index (χ4v) is 1.78. The van der Waals surface area contributed by atoms with Crippen molar-refractivity contribution >= 4 is 11.7 Å². The number of aryl methyl sites for hydroxylation is 1. The molecule has 21 heavy (non-hydrogen) atoms. The monoisotopic (exact) mass is 286 g/mol.